The van der Waals surface area contributed by atoms with Gasteiger partial charge in [-0.3, -0.25) is 0 Å². The zero-order valence-electron chi connectivity index (χ0n) is 13.6. The molecule has 0 aromatic carbocycles. The van der Waals surface area contributed by atoms with Crippen molar-refractivity contribution in [2.75, 3.05) is 12.4 Å². The maximum Gasteiger partial charge on any atom is 0.254 e. The summed E-state index contributed by atoms with van der Waals surface area (Å²) in [5.41, 5.74) is 1.20. The molecule has 0 saturated heterocycles. The van der Waals surface area contributed by atoms with E-state index in [2.05, 4.69) is 48.1 Å². The number of hydrogen-bond donors (Lipinski definition) is 1. The molecule has 2 aromatic heterocycles. The maximum atomic E-state index is 5.16. The van der Waals surface area contributed by atoms with Gasteiger partial charge in [-0.05, 0) is 25.2 Å². The molecule has 0 amide bonds. The summed E-state index contributed by atoms with van der Waals surface area (Å²) in [6, 6.07) is 2.33. The van der Waals surface area contributed by atoms with Crippen molar-refractivity contribution < 1.29 is 4.74 Å². The van der Waals surface area contributed by atoms with Gasteiger partial charge in [-0.1, -0.05) is 20.8 Å². The second-order valence-electron chi connectivity index (χ2n) is 6.68. The van der Waals surface area contributed by atoms with E-state index in [4.69, 9.17) is 4.74 Å². The Balaban J connectivity index is 2.14. The van der Waals surface area contributed by atoms with Crippen LogP contribution in [-0.2, 0) is 11.3 Å². The molecule has 116 valence electrons. The van der Waals surface area contributed by atoms with Crippen LogP contribution in [0.15, 0.2) is 12.4 Å². The Morgan fingerprint density at radius 3 is 2.81 bits per heavy atom. The van der Waals surface area contributed by atoms with Gasteiger partial charge in [0.2, 0.25) is 0 Å². The third-order valence-electron chi connectivity index (χ3n) is 3.32. The molecule has 0 aliphatic heterocycles. The lowest BCUT2D eigenvalue weighted by Gasteiger charge is -2.22. The average Bonchev–Trinajstić information content (AvgIpc) is 2.84. The van der Waals surface area contributed by atoms with E-state index in [0.717, 1.165) is 24.4 Å². The summed E-state index contributed by atoms with van der Waals surface area (Å²) in [7, 11) is 1.66. The molecule has 0 bridgehead atoms. The van der Waals surface area contributed by atoms with Crippen LogP contribution >= 0.6 is 0 Å². The van der Waals surface area contributed by atoms with Crippen LogP contribution in [0.5, 0.6) is 0 Å². The van der Waals surface area contributed by atoms with Crippen LogP contribution in [-0.4, -0.2) is 32.7 Å². The molecular formula is C15H25N5O. The van der Waals surface area contributed by atoms with Crippen LogP contribution in [0.25, 0.3) is 5.78 Å². The Kier molecular flexibility index (Phi) is 4.77. The highest BCUT2D eigenvalue weighted by molar-refractivity contribution is 5.45. The summed E-state index contributed by atoms with van der Waals surface area (Å²) in [5, 5.41) is 7.73. The molecule has 0 aliphatic carbocycles. The summed E-state index contributed by atoms with van der Waals surface area (Å²) >= 11 is 0. The fourth-order valence-corrected chi connectivity index (χ4v) is 2.16. The summed E-state index contributed by atoms with van der Waals surface area (Å²) in [6.07, 6.45) is 3.78. The van der Waals surface area contributed by atoms with Crippen molar-refractivity contribution in [3.05, 3.63) is 18.1 Å². The lowest BCUT2D eigenvalue weighted by atomic mass is 9.89. The van der Waals surface area contributed by atoms with Gasteiger partial charge >= 0.3 is 0 Å². The molecule has 2 heterocycles. The molecule has 6 heteroatoms. The number of fused-ring (bicyclic) bond motifs is 1. The second kappa shape index (κ2) is 6.39. The Morgan fingerprint density at radius 2 is 2.14 bits per heavy atom. The summed E-state index contributed by atoms with van der Waals surface area (Å²) in [6.45, 7) is 9.44. The molecule has 2 aromatic rings. The lowest BCUT2D eigenvalue weighted by Crippen LogP contribution is -2.20. The van der Waals surface area contributed by atoms with Crippen molar-refractivity contribution in [3.8, 4) is 0 Å². The molecule has 0 aliphatic rings. The van der Waals surface area contributed by atoms with E-state index in [0.29, 0.717) is 23.8 Å². The van der Waals surface area contributed by atoms with E-state index in [1.807, 2.05) is 6.07 Å². The fraction of sp³-hybridized carbons (Fsp3) is 0.667. The van der Waals surface area contributed by atoms with Crippen molar-refractivity contribution in [1.29, 1.82) is 0 Å². The minimum absolute atomic E-state index is 0.345. The van der Waals surface area contributed by atoms with E-state index >= 15 is 0 Å². The number of nitrogens with one attached hydrogen (secondary N) is 1. The quantitative estimate of drug-likeness (QED) is 0.886. The smallest absolute Gasteiger partial charge is 0.254 e. The normalized spacial score (nSPS) is 13.6. The van der Waals surface area contributed by atoms with Gasteiger partial charge in [0.1, 0.15) is 12.1 Å². The summed E-state index contributed by atoms with van der Waals surface area (Å²) in [5.74, 6) is 1.50. The highest BCUT2D eigenvalue weighted by atomic mass is 16.5. The first-order chi connectivity index (χ1) is 9.89. The molecule has 6 nitrogen and oxygen atoms in total. The van der Waals surface area contributed by atoms with Gasteiger partial charge < -0.3 is 10.1 Å². The highest BCUT2D eigenvalue weighted by Gasteiger charge is 2.14. The van der Waals surface area contributed by atoms with E-state index in [1.165, 1.54) is 6.33 Å². The van der Waals surface area contributed by atoms with E-state index < -0.39 is 0 Å². The van der Waals surface area contributed by atoms with Crippen molar-refractivity contribution in [1.82, 2.24) is 19.6 Å². The monoisotopic (exact) mass is 291 g/mol. The van der Waals surface area contributed by atoms with Crippen LogP contribution in [0.3, 0.4) is 0 Å². The first-order valence-corrected chi connectivity index (χ1v) is 7.34. The van der Waals surface area contributed by atoms with E-state index in [-0.39, 0.29) is 0 Å². The van der Waals surface area contributed by atoms with Gasteiger partial charge in [0.15, 0.2) is 0 Å². The van der Waals surface area contributed by atoms with Gasteiger partial charge in [0.25, 0.3) is 5.78 Å². The molecule has 0 spiro atoms. The maximum absolute atomic E-state index is 5.16. The standard InChI is InChI=1S/C15H25N5O/c1-11(6-7-15(2,3)4)18-13-8-12(9-21-5)19-14-16-10-17-20(13)14/h8,10-11,18H,6-7,9H2,1-5H3. The predicted octanol–water partition coefficient (Wildman–Crippen LogP) is 2.90. The van der Waals surface area contributed by atoms with Crippen molar-refractivity contribution >= 4 is 11.6 Å². The van der Waals surface area contributed by atoms with Crippen LogP contribution < -0.4 is 5.32 Å². The third kappa shape index (κ3) is 4.39. The molecular weight excluding hydrogens is 266 g/mol. The number of ether oxygens (including phenoxy) is 1. The second-order valence-corrected chi connectivity index (χ2v) is 6.68. The van der Waals surface area contributed by atoms with E-state index in [9.17, 15) is 0 Å². The van der Waals surface area contributed by atoms with Crippen LogP contribution in [0.4, 0.5) is 5.82 Å². The average molecular weight is 291 g/mol. The zero-order valence-corrected chi connectivity index (χ0v) is 13.6. The number of rotatable bonds is 6. The van der Waals surface area contributed by atoms with Crippen molar-refractivity contribution in [2.24, 2.45) is 5.41 Å². The number of hydrogen-bond acceptors (Lipinski definition) is 5. The number of anilines is 1. The Hall–Kier alpha value is -1.69. The van der Waals surface area contributed by atoms with Gasteiger partial charge in [-0.2, -0.15) is 14.6 Å². The molecule has 0 saturated carbocycles. The van der Waals surface area contributed by atoms with Crippen molar-refractivity contribution in [2.45, 2.75) is 53.2 Å². The molecule has 2 rings (SSSR count). The topological polar surface area (TPSA) is 64.3 Å². The van der Waals surface area contributed by atoms with Gasteiger partial charge in [-0.15, -0.1) is 0 Å². The van der Waals surface area contributed by atoms with Crippen LogP contribution in [0, 0.1) is 5.41 Å². The highest BCUT2D eigenvalue weighted by Crippen LogP contribution is 2.23. The fourth-order valence-electron chi connectivity index (χ4n) is 2.16. The molecule has 1 N–H and O–H groups in total. The predicted molar refractivity (Wildman–Crippen MR) is 83.3 cm³/mol. The Labute approximate surface area is 125 Å². The molecule has 1 atom stereocenters. The van der Waals surface area contributed by atoms with Gasteiger partial charge in [0.05, 0.1) is 12.3 Å². The third-order valence-corrected chi connectivity index (χ3v) is 3.32. The minimum atomic E-state index is 0.345. The zero-order chi connectivity index (χ0) is 15.5. The van der Waals surface area contributed by atoms with E-state index in [1.54, 1.807) is 11.6 Å². The SMILES string of the molecule is COCc1cc(NC(C)CCC(C)(C)C)n2ncnc2n1. The van der Waals surface area contributed by atoms with Gasteiger partial charge in [-0.25, -0.2) is 4.98 Å². The first-order valence-electron chi connectivity index (χ1n) is 7.34. The van der Waals surface area contributed by atoms with Gasteiger partial charge in [0, 0.05) is 19.2 Å². The largest absolute Gasteiger partial charge is 0.378 e. The first kappa shape index (κ1) is 15.7. The Morgan fingerprint density at radius 1 is 1.38 bits per heavy atom. The molecule has 21 heavy (non-hydrogen) atoms. The molecule has 1 unspecified atom stereocenters. The minimum Gasteiger partial charge on any atom is -0.378 e. The lowest BCUT2D eigenvalue weighted by molar-refractivity contribution is 0.181. The van der Waals surface area contributed by atoms with Crippen LogP contribution in [0.2, 0.25) is 0 Å². The summed E-state index contributed by atoms with van der Waals surface area (Å²) < 4.78 is 6.89. The Bertz CT molecular complexity index is 587. The number of aromatic nitrogens is 4. The number of methoxy groups -OCH3 is 1. The van der Waals surface area contributed by atoms with Crippen LogP contribution in [0.1, 0.15) is 46.2 Å². The van der Waals surface area contributed by atoms with Crippen molar-refractivity contribution in [3.63, 3.8) is 0 Å². The molecule has 0 radical (unpaired) electrons. The summed E-state index contributed by atoms with van der Waals surface area (Å²) in [4.78, 5) is 8.56. The molecule has 0 fully saturated rings. The number of nitrogens with zero attached hydrogens (tertiary/aromatic N) is 4.